The van der Waals surface area contributed by atoms with Crippen LogP contribution in [-0.2, 0) is 33.3 Å². The molecule has 3 aromatic heterocycles. The van der Waals surface area contributed by atoms with Gasteiger partial charge in [-0.1, -0.05) is 18.2 Å². The van der Waals surface area contributed by atoms with E-state index in [2.05, 4.69) is 41.2 Å². The fraction of sp³-hybridized carbons (Fsp3) is 0.226. The molecule has 1 N–H and O–H groups in total. The molecule has 1 atom stereocenters. The molecule has 0 fully saturated rings. The molecule has 0 radical (unpaired) electrons. The van der Waals surface area contributed by atoms with Gasteiger partial charge in [-0.05, 0) is 80.8 Å². The predicted octanol–water partition coefficient (Wildman–Crippen LogP) is 6.17. The topological polar surface area (TPSA) is 99.0 Å². The van der Waals surface area contributed by atoms with Crippen LogP contribution in [0.5, 0.6) is 11.5 Å². The van der Waals surface area contributed by atoms with Crippen LogP contribution >= 0.6 is 0 Å². The molecule has 8 nitrogen and oxygen atoms in total. The second-order valence-electron chi connectivity index (χ2n) is 10.6. The Hall–Kier alpha value is -4.37. The van der Waals surface area contributed by atoms with Crippen molar-refractivity contribution in [2.24, 2.45) is 0 Å². The summed E-state index contributed by atoms with van der Waals surface area (Å²) in [5, 5.41) is 8.02. The number of nitrogens with one attached hydrogen (secondary N) is 1. The molecule has 3 heterocycles. The Bertz CT molecular complexity index is 1690. The average molecular weight is 554 g/mol. The number of ether oxygens (including phenoxy) is 1. The number of aromatic nitrogens is 4. The summed E-state index contributed by atoms with van der Waals surface area (Å²) >= 11 is 0. The summed E-state index contributed by atoms with van der Waals surface area (Å²) in [5.41, 5.74) is 3.94. The molecular formula is C31H31N5O3S. The van der Waals surface area contributed by atoms with Crippen molar-refractivity contribution in [3.05, 3.63) is 102 Å². The van der Waals surface area contributed by atoms with Gasteiger partial charge in [-0.15, -0.1) is 0 Å². The maximum Gasteiger partial charge on any atom is 0.228 e. The van der Waals surface area contributed by atoms with E-state index in [0.717, 1.165) is 27.6 Å². The van der Waals surface area contributed by atoms with Gasteiger partial charge >= 0.3 is 0 Å². The first-order chi connectivity index (χ1) is 19.2. The maximum absolute atomic E-state index is 13.1. The van der Waals surface area contributed by atoms with E-state index in [4.69, 9.17) is 4.74 Å². The fourth-order valence-electron chi connectivity index (χ4n) is 4.25. The number of rotatable bonds is 8. The lowest BCUT2D eigenvalue weighted by Crippen LogP contribution is -2.22. The quantitative estimate of drug-likeness (QED) is 0.247. The van der Waals surface area contributed by atoms with Crippen molar-refractivity contribution < 1.29 is 13.7 Å². The number of anilines is 1. The Kier molecular flexibility index (Phi) is 7.75. The Morgan fingerprint density at radius 3 is 2.58 bits per heavy atom. The second kappa shape index (κ2) is 11.4. The summed E-state index contributed by atoms with van der Waals surface area (Å²) in [6.45, 7) is 8.10. The minimum atomic E-state index is -1.24. The summed E-state index contributed by atoms with van der Waals surface area (Å²) < 4.78 is 21.2. The van der Waals surface area contributed by atoms with Crippen molar-refractivity contribution in [1.29, 1.82) is 0 Å². The van der Waals surface area contributed by atoms with Crippen molar-refractivity contribution >= 4 is 33.3 Å². The zero-order valence-corrected chi connectivity index (χ0v) is 23.7. The Morgan fingerprint density at radius 2 is 1.85 bits per heavy atom. The summed E-state index contributed by atoms with van der Waals surface area (Å²) in [6, 6.07) is 16.8. The average Bonchev–Trinajstić information content (AvgIpc) is 3.40. The molecule has 1 unspecified atom stereocenters. The monoisotopic (exact) mass is 553 g/mol. The van der Waals surface area contributed by atoms with E-state index in [9.17, 15) is 9.00 Å². The largest absolute Gasteiger partial charge is 0.456 e. The van der Waals surface area contributed by atoms with E-state index in [0.29, 0.717) is 27.8 Å². The molecule has 0 aliphatic rings. The number of pyridine rings is 2. The summed E-state index contributed by atoms with van der Waals surface area (Å²) in [6.07, 6.45) is 8.84. The second-order valence-corrected chi connectivity index (χ2v) is 12.1. The van der Waals surface area contributed by atoms with Gasteiger partial charge in [0.05, 0.1) is 45.9 Å². The van der Waals surface area contributed by atoms with Crippen LogP contribution in [0.4, 0.5) is 5.69 Å². The Labute approximate surface area is 235 Å². The Morgan fingerprint density at radius 1 is 1.00 bits per heavy atom. The van der Waals surface area contributed by atoms with Gasteiger partial charge in [0.1, 0.15) is 11.5 Å². The van der Waals surface area contributed by atoms with Crippen molar-refractivity contribution in [2.75, 3.05) is 5.32 Å². The van der Waals surface area contributed by atoms with Crippen LogP contribution in [0.1, 0.15) is 37.5 Å². The third-order valence-electron chi connectivity index (χ3n) is 6.33. The molecule has 0 saturated carbocycles. The lowest BCUT2D eigenvalue weighted by atomic mass is 10.1. The minimum absolute atomic E-state index is 0.117. The first-order valence-electron chi connectivity index (χ1n) is 12.9. The van der Waals surface area contributed by atoms with Gasteiger partial charge in [0.25, 0.3) is 0 Å². The first kappa shape index (κ1) is 27.2. The molecule has 9 heteroatoms. The molecule has 0 aliphatic heterocycles. The third kappa shape index (κ3) is 6.43. The van der Waals surface area contributed by atoms with E-state index >= 15 is 0 Å². The molecule has 0 aliphatic carbocycles. The summed E-state index contributed by atoms with van der Waals surface area (Å²) in [7, 11) is -1.24. The maximum atomic E-state index is 13.1. The highest BCUT2D eigenvalue weighted by atomic mass is 32.2. The highest BCUT2D eigenvalue weighted by Gasteiger charge is 2.16. The summed E-state index contributed by atoms with van der Waals surface area (Å²) in [4.78, 5) is 21.9. The van der Waals surface area contributed by atoms with Gasteiger partial charge in [-0.2, -0.15) is 5.10 Å². The molecule has 40 heavy (non-hydrogen) atoms. The molecule has 0 bridgehead atoms. The molecule has 204 valence electrons. The molecule has 2 aromatic carbocycles. The number of aryl methyl sites for hydroxylation is 1. The zero-order chi connectivity index (χ0) is 28.3. The van der Waals surface area contributed by atoms with Crippen LogP contribution in [0.2, 0.25) is 0 Å². The van der Waals surface area contributed by atoms with Gasteiger partial charge in [0.15, 0.2) is 0 Å². The van der Waals surface area contributed by atoms with Crippen LogP contribution in [0, 0.1) is 6.92 Å². The lowest BCUT2D eigenvalue weighted by molar-refractivity contribution is -0.115. The van der Waals surface area contributed by atoms with Crippen molar-refractivity contribution in [3.63, 3.8) is 0 Å². The van der Waals surface area contributed by atoms with E-state index in [1.807, 2.05) is 66.3 Å². The number of carbonyl (C=O) groups excluding carboxylic acids is 1. The standard InChI is InChI=1S/C31H31N5O3S/c1-21-14-22(15-30(37)35-24-18-34-36(19-24)31(2,3)4)7-10-28(21)39-29-11-13-33-27-9-8-25(16-26(27)29)40(38)20-23-6-5-12-32-17-23/h5-14,16-19H,15,20H2,1-4H3,(H,35,37). The van der Waals surface area contributed by atoms with Gasteiger partial charge in [-0.25, -0.2) is 0 Å². The number of benzene rings is 2. The highest BCUT2D eigenvalue weighted by Crippen LogP contribution is 2.32. The van der Waals surface area contributed by atoms with Gasteiger partial charge < -0.3 is 10.1 Å². The lowest BCUT2D eigenvalue weighted by Gasteiger charge is -2.18. The van der Waals surface area contributed by atoms with Gasteiger partial charge in [-0.3, -0.25) is 23.7 Å². The number of hydrogen-bond donors (Lipinski definition) is 1. The Balaban J connectivity index is 1.30. The van der Waals surface area contributed by atoms with E-state index in [1.54, 1.807) is 30.9 Å². The van der Waals surface area contributed by atoms with Crippen molar-refractivity contribution in [1.82, 2.24) is 19.7 Å². The van der Waals surface area contributed by atoms with Crippen LogP contribution < -0.4 is 10.1 Å². The predicted molar refractivity (Wildman–Crippen MR) is 157 cm³/mol. The molecule has 0 saturated heterocycles. The number of carbonyl (C=O) groups is 1. The van der Waals surface area contributed by atoms with E-state index < -0.39 is 10.8 Å². The third-order valence-corrected chi connectivity index (χ3v) is 7.71. The molecule has 1 amide bonds. The molecule has 5 rings (SSSR count). The van der Waals surface area contributed by atoms with Crippen LogP contribution in [0.25, 0.3) is 10.9 Å². The normalized spacial score (nSPS) is 12.3. The minimum Gasteiger partial charge on any atom is -0.456 e. The molecule has 5 aromatic rings. The van der Waals surface area contributed by atoms with Crippen LogP contribution in [0.3, 0.4) is 0 Å². The summed E-state index contributed by atoms with van der Waals surface area (Å²) in [5.74, 6) is 1.55. The van der Waals surface area contributed by atoms with Crippen LogP contribution in [0.15, 0.2) is 90.5 Å². The zero-order valence-electron chi connectivity index (χ0n) is 22.9. The van der Waals surface area contributed by atoms with Crippen molar-refractivity contribution in [3.8, 4) is 11.5 Å². The molecule has 0 spiro atoms. The van der Waals surface area contributed by atoms with E-state index in [1.165, 1.54) is 0 Å². The number of nitrogens with zero attached hydrogens (tertiary/aromatic N) is 4. The van der Waals surface area contributed by atoms with Crippen molar-refractivity contribution in [2.45, 2.75) is 50.3 Å². The SMILES string of the molecule is Cc1cc(CC(=O)Nc2cnn(C(C)(C)C)c2)ccc1Oc1ccnc2ccc(S(=O)Cc3cccnc3)cc12. The smallest absolute Gasteiger partial charge is 0.228 e. The first-order valence-corrected chi connectivity index (χ1v) is 14.3. The van der Waals surface area contributed by atoms with Gasteiger partial charge in [0, 0.05) is 35.1 Å². The fourth-order valence-corrected chi connectivity index (χ4v) is 5.36. The number of fused-ring (bicyclic) bond motifs is 1. The van der Waals surface area contributed by atoms with E-state index in [-0.39, 0.29) is 17.9 Å². The number of hydrogen-bond acceptors (Lipinski definition) is 6. The highest BCUT2D eigenvalue weighted by molar-refractivity contribution is 7.84. The molecular weight excluding hydrogens is 522 g/mol. The van der Waals surface area contributed by atoms with Gasteiger partial charge in [0.2, 0.25) is 5.91 Å². The number of amides is 1. The van der Waals surface area contributed by atoms with Crippen LogP contribution in [-0.4, -0.2) is 29.9 Å².